The van der Waals surface area contributed by atoms with Crippen molar-refractivity contribution in [2.75, 3.05) is 0 Å². The molecular weight excluding hydrogens is 166 g/mol. The van der Waals surface area contributed by atoms with Crippen LogP contribution >= 0.6 is 0 Å². The van der Waals surface area contributed by atoms with Crippen molar-refractivity contribution >= 4 is 5.78 Å². The molecule has 0 fully saturated rings. The summed E-state index contributed by atoms with van der Waals surface area (Å²) in [6.45, 7) is 8.26. The molecule has 0 spiro atoms. The second kappa shape index (κ2) is 4.94. The topological polar surface area (TPSA) is 61.1 Å². The predicted molar refractivity (Wildman–Crippen MR) is 49.9 cm³/mol. The standard InChI is InChI=1S/C10H11NO2/c1-4-10(13)9(8(3)12)5-7(2)6-11/h5,12H,2-4H2,1H3/b9-5+. The molecule has 0 saturated carbocycles. The third kappa shape index (κ3) is 3.39. The number of hydrogen-bond donors (Lipinski definition) is 1. The maximum Gasteiger partial charge on any atom is 0.166 e. The lowest BCUT2D eigenvalue weighted by molar-refractivity contribution is -0.115. The van der Waals surface area contributed by atoms with Gasteiger partial charge in [0.2, 0.25) is 0 Å². The second-order valence-electron chi connectivity index (χ2n) is 2.42. The van der Waals surface area contributed by atoms with Gasteiger partial charge in [-0.3, -0.25) is 4.79 Å². The van der Waals surface area contributed by atoms with E-state index in [1.165, 1.54) is 6.08 Å². The van der Waals surface area contributed by atoms with Crippen LogP contribution in [0.2, 0.25) is 0 Å². The first kappa shape index (κ1) is 11.2. The number of rotatable bonds is 4. The fourth-order valence-electron chi connectivity index (χ4n) is 0.722. The molecule has 0 aromatic carbocycles. The summed E-state index contributed by atoms with van der Waals surface area (Å²) in [5.41, 5.74) is 0.168. The van der Waals surface area contributed by atoms with E-state index >= 15 is 0 Å². The SMILES string of the molecule is C=C(C#N)/C=C(\C(=C)O)C(=O)CC. The minimum Gasteiger partial charge on any atom is -0.508 e. The first-order valence-corrected chi connectivity index (χ1v) is 3.75. The molecule has 3 nitrogen and oxygen atoms in total. The summed E-state index contributed by atoms with van der Waals surface area (Å²) in [5.74, 6) is -0.591. The third-order valence-electron chi connectivity index (χ3n) is 1.39. The van der Waals surface area contributed by atoms with Crippen LogP contribution in [0, 0.1) is 11.3 Å². The van der Waals surface area contributed by atoms with Gasteiger partial charge in [0.1, 0.15) is 5.76 Å². The maximum absolute atomic E-state index is 11.2. The number of nitrogens with zero attached hydrogens (tertiary/aromatic N) is 1. The molecule has 3 heteroatoms. The molecule has 0 bridgehead atoms. The highest BCUT2D eigenvalue weighted by atomic mass is 16.3. The predicted octanol–water partition coefficient (Wildman–Crippen LogP) is 2.04. The van der Waals surface area contributed by atoms with Gasteiger partial charge in [-0.05, 0) is 6.08 Å². The highest BCUT2D eigenvalue weighted by Crippen LogP contribution is 2.10. The lowest BCUT2D eigenvalue weighted by Gasteiger charge is -2.01. The van der Waals surface area contributed by atoms with Gasteiger partial charge >= 0.3 is 0 Å². The van der Waals surface area contributed by atoms with Crippen molar-refractivity contribution in [2.24, 2.45) is 0 Å². The first-order chi connectivity index (χ1) is 6.02. The van der Waals surface area contributed by atoms with E-state index in [-0.39, 0.29) is 29.1 Å². The van der Waals surface area contributed by atoms with Crippen molar-refractivity contribution < 1.29 is 9.90 Å². The van der Waals surface area contributed by atoms with Crippen LogP contribution in [0.25, 0.3) is 0 Å². The minimum absolute atomic E-state index is 0.0500. The molecule has 0 aliphatic rings. The number of Topliss-reactive ketones (excluding diaryl/α,β-unsaturated/α-hetero) is 1. The van der Waals surface area contributed by atoms with Crippen molar-refractivity contribution in [1.82, 2.24) is 0 Å². The number of ketones is 1. The molecule has 68 valence electrons. The molecule has 0 atom stereocenters. The zero-order valence-corrected chi connectivity index (χ0v) is 7.50. The summed E-state index contributed by atoms with van der Waals surface area (Å²) in [4.78, 5) is 11.2. The molecule has 0 unspecified atom stereocenters. The van der Waals surface area contributed by atoms with Gasteiger partial charge in [0, 0.05) is 12.0 Å². The smallest absolute Gasteiger partial charge is 0.166 e. The van der Waals surface area contributed by atoms with Crippen LogP contribution in [0.4, 0.5) is 0 Å². The fourth-order valence-corrected chi connectivity index (χ4v) is 0.722. The number of nitriles is 1. The number of hydrogen-bond acceptors (Lipinski definition) is 3. The summed E-state index contributed by atoms with van der Waals surface area (Å²) in [6, 6.07) is 1.75. The van der Waals surface area contributed by atoms with E-state index in [1.54, 1.807) is 13.0 Å². The Morgan fingerprint density at radius 3 is 2.46 bits per heavy atom. The number of carbonyl (C=O) groups is 1. The Labute approximate surface area is 77.3 Å². The minimum atomic E-state index is -0.330. The van der Waals surface area contributed by atoms with Gasteiger partial charge < -0.3 is 5.11 Å². The van der Waals surface area contributed by atoms with Gasteiger partial charge in [-0.25, -0.2) is 0 Å². The van der Waals surface area contributed by atoms with Gasteiger partial charge in [0.05, 0.1) is 11.6 Å². The van der Waals surface area contributed by atoms with E-state index in [0.29, 0.717) is 0 Å². The van der Waals surface area contributed by atoms with Crippen LogP contribution in [0.3, 0.4) is 0 Å². The van der Waals surface area contributed by atoms with Crippen LogP contribution < -0.4 is 0 Å². The zero-order chi connectivity index (χ0) is 10.4. The molecule has 0 radical (unpaired) electrons. The summed E-state index contributed by atoms with van der Waals surface area (Å²) < 4.78 is 0. The Kier molecular flexibility index (Phi) is 4.25. The van der Waals surface area contributed by atoms with Crippen LogP contribution in [0.5, 0.6) is 0 Å². The number of allylic oxidation sites excluding steroid dienone is 3. The summed E-state index contributed by atoms with van der Waals surface area (Å²) in [6.07, 6.45) is 1.48. The van der Waals surface area contributed by atoms with Crippen LogP contribution in [0.15, 0.2) is 36.1 Å². The van der Waals surface area contributed by atoms with Crippen molar-refractivity contribution in [3.05, 3.63) is 36.1 Å². The van der Waals surface area contributed by atoms with Crippen molar-refractivity contribution in [2.45, 2.75) is 13.3 Å². The summed E-state index contributed by atoms with van der Waals surface area (Å²) in [7, 11) is 0. The van der Waals surface area contributed by atoms with E-state index in [4.69, 9.17) is 10.4 Å². The molecule has 0 saturated heterocycles. The maximum atomic E-state index is 11.2. The number of carbonyl (C=O) groups excluding carboxylic acids is 1. The van der Waals surface area contributed by atoms with Gasteiger partial charge in [0.15, 0.2) is 5.78 Å². The van der Waals surface area contributed by atoms with Crippen LogP contribution in [-0.2, 0) is 4.79 Å². The monoisotopic (exact) mass is 177 g/mol. The molecule has 0 amide bonds. The molecule has 0 heterocycles. The molecule has 1 N–H and O–H groups in total. The van der Waals surface area contributed by atoms with E-state index in [0.717, 1.165) is 0 Å². The van der Waals surface area contributed by atoms with Crippen molar-refractivity contribution in [3.8, 4) is 6.07 Å². The van der Waals surface area contributed by atoms with Gasteiger partial charge in [-0.15, -0.1) is 0 Å². The zero-order valence-electron chi connectivity index (χ0n) is 7.50. The molecular formula is C10H11NO2. The van der Waals surface area contributed by atoms with E-state index in [1.807, 2.05) is 0 Å². The van der Waals surface area contributed by atoms with Crippen molar-refractivity contribution in [3.63, 3.8) is 0 Å². The largest absolute Gasteiger partial charge is 0.508 e. The number of aliphatic hydroxyl groups excluding tert-OH is 1. The van der Waals surface area contributed by atoms with Gasteiger partial charge in [-0.2, -0.15) is 5.26 Å². The average molecular weight is 177 g/mol. The Balaban J connectivity index is 4.95. The van der Waals surface area contributed by atoms with Crippen LogP contribution in [0.1, 0.15) is 13.3 Å². The highest BCUT2D eigenvalue weighted by molar-refractivity contribution is 5.99. The number of aliphatic hydroxyl groups is 1. The van der Waals surface area contributed by atoms with E-state index < -0.39 is 0 Å². The molecule has 13 heavy (non-hydrogen) atoms. The lowest BCUT2D eigenvalue weighted by Crippen LogP contribution is -2.03. The normalized spacial score (nSPS) is 10.3. The fraction of sp³-hybridized carbons (Fsp3) is 0.200. The average Bonchev–Trinajstić information content (AvgIpc) is 2.11. The summed E-state index contributed by atoms with van der Waals surface area (Å²) >= 11 is 0. The van der Waals surface area contributed by atoms with E-state index in [9.17, 15) is 4.79 Å². The highest BCUT2D eigenvalue weighted by Gasteiger charge is 2.09. The van der Waals surface area contributed by atoms with Gasteiger partial charge in [0.25, 0.3) is 0 Å². The van der Waals surface area contributed by atoms with Crippen molar-refractivity contribution in [1.29, 1.82) is 5.26 Å². The first-order valence-electron chi connectivity index (χ1n) is 3.75. The van der Waals surface area contributed by atoms with E-state index in [2.05, 4.69) is 13.2 Å². The second-order valence-corrected chi connectivity index (χ2v) is 2.42. The van der Waals surface area contributed by atoms with Crippen LogP contribution in [-0.4, -0.2) is 10.9 Å². The molecule has 0 aliphatic heterocycles. The Bertz CT molecular complexity index is 318. The quantitative estimate of drug-likeness (QED) is 0.309. The molecule has 0 aromatic rings. The van der Waals surface area contributed by atoms with Gasteiger partial charge in [-0.1, -0.05) is 20.1 Å². The third-order valence-corrected chi connectivity index (χ3v) is 1.39. The molecule has 0 aromatic heterocycles. The Hall–Kier alpha value is -1.82. The molecule has 0 rings (SSSR count). The Morgan fingerprint density at radius 2 is 2.15 bits per heavy atom. The summed E-state index contributed by atoms with van der Waals surface area (Å²) in [5, 5.41) is 17.4. The lowest BCUT2D eigenvalue weighted by atomic mass is 10.1. The molecule has 0 aliphatic carbocycles. The Morgan fingerprint density at radius 1 is 1.62 bits per heavy atom.